The SMILES string of the molecule is [2H]c1c([2H])c([2H])c(-c2nc(-c3ccc4c(c3)oc3c(-n5c6ccccc6c6ccc7sc8ccccc8c7c65)cccc34)nc(-c3c([2H])c([2H])c([2H])c([2H])c3[2H])n2)c([2H])c1[2H]. The van der Waals surface area contributed by atoms with Crippen molar-refractivity contribution in [1.82, 2.24) is 19.5 Å². The maximum Gasteiger partial charge on any atom is 0.164 e. The summed E-state index contributed by atoms with van der Waals surface area (Å²) in [6.45, 7) is 0. The van der Waals surface area contributed by atoms with Crippen LogP contribution in [0.1, 0.15) is 13.7 Å². The van der Waals surface area contributed by atoms with E-state index in [4.69, 9.17) is 18.1 Å². The molecule has 0 radical (unpaired) electrons. The second-order valence-electron chi connectivity index (χ2n) is 12.1. The van der Waals surface area contributed by atoms with E-state index in [1.807, 2.05) is 36.4 Å². The van der Waals surface area contributed by atoms with Gasteiger partial charge in [-0.1, -0.05) is 121 Å². The van der Waals surface area contributed by atoms with Gasteiger partial charge in [0, 0.05) is 58.4 Å². The number of hydrogen-bond acceptors (Lipinski definition) is 5. The Morgan fingerprint density at radius 2 is 1.18 bits per heavy atom. The Hall–Kier alpha value is -6.63. The highest BCUT2D eigenvalue weighted by atomic mass is 32.1. The molecule has 0 aliphatic rings. The molecule has 0 unspecified atom stereocenters. The topological polar surface area (TPSA) is 56.7 Å². The number of benzene rings is 7. The summed E-state index contributed by atoms with van der Waals surface area (Å²) in [5, 5.41) is 6.18. The molecular formula is C45H26N4OS. The maximum absolute atomic E-state index is 8.68. The van der Waals surface area contributed by atoms with Crippen LogP contribution in [0.2, 0.25) is 0 Å². The van der Waals surface area contributed by atoms with Crippen LogP contribution in [0.25, 0.3) is 104 Å². The molecule has 238 valence electrons. The third kappa shape index (κ3) is 4.30. The molecule has 0 N–H and O–H groups in total. The van der Waals surface area contributed by atoms with Crippen molar-refractivity contribution in [3.63, 3.8) is 0 Å². The molecule has 0 saturated heterocycles. The average molecular weight is 681 g/mol. The predicted molar refractivity (Wildman–Crippen MR) is 211 cm³/mol. The van der Waals surface area contributed by atoms with E-state index in [9.17, 15) is 0 Å². The highest BCUT2D eigenvalue weighted by Crippen LogP contribution is 2.44. The first-order valence-corrected chi connectivity index (χ1v) is 16.9. The zero-order valence-electron chi connectivity index (χ0n) is 36.3. The number of thiophene rings is 1. The summed E-state index contributed by atoms with van der Waals surface area (Å²) < 4.78 is 95.7. The Balaban J connectivity index is 1.17. The average Bonchev–Trinajstić information content (AvgIpc) is 3.95. The van der Waals surface area contributed by atoms with Crippen LogP contribution in [-0.4, -0.2) is 19.5 Å². The van der Waals surface area contributed by atoms with E-state index in [0.717, 1.165) is 43.7 Å². The lowest BCUT2D eigenvalue weighted by atomic mass is 10.1. The maximum atomic E-state index is 8.68. The van der Waals surface area contributed by atoms with Crippen molar-refractivity contribution < 1.29 is 18.1 Å². The molecule has 11 aromatic rings. The van der Waals surface area contributed by atoms with Crippen molar-refractivity contribution in [2.45, 2.75) is 0 Å². The quantitative estimate of drug-likeness (QED) is 0.186. The first-order valence-electron chi connectivity index (χ1n) is 21.1. The van der Waals surface area contributed by atoms with E-state index in [1.165, 1.54) is 14.8 Å². The third-order valence-electron chi connectivity index (χ3n) is 9.23. The van der Waals surface area contributed by atoms with E-state index in [1.54, 1.807) is 23.5 Å². The monoisotopic (exact) mass is 680 g/mol. The first-order chi connectivity index (χ1) is 29.4. The minimum Gasteiger partial charge on any atom is -0.454 e. The second-order valence-corrected chi connectivity index (χ2v) is 13.1. The minimum atomic E-state index is -0.613. The first kappa shape index (κ1) is 20.1. The summed E-state index contributed by atoms with van der Waals surface area (Å²) in [6, 6.07) is 26.5. The Labute approximate surface area is 309 Å². The van der Waals surface area contributed by atoms with E-state index >= 15 is 0 Å². The lowest BCUT2D eigenvalue weighted by molar-refractivity contribution is 0.666. The van der Waals surface area contributed by atoms with Gasteiger partial charge in [0.15, 0.2) is 23.1 Å². The minimum absolute atomic E-state index is 0.0460. The van der Waals surface area contributed by atoms with Crippen LogP contribution in [0.5, 0.6) is 0 Å². The summed E-state index contributed by atoms with van der Waals surface area (Å²) >= 11 is 1.75. The molecule has 0 aliphatic carbocycles. The largest absolute Gasteiger partial charge is 0.454 e. The summed E-state index contributed by atoms with van der Waals surface area (Å²) in [7, 11) is 0. The van der Waals surface area contributed by atoms with Crippen molar-refractivity contribution in [2.24, 2.45) is 0 Å². The Bertz CT molecular complexity index is 3600. The van der Waals surface area contributed by atoms with Crippen molar-refractivity contribution in [1.29, 1.82) is 0 Å². The lowest BCUT2D eigenvalue weighted by Gasteiger charge is -2.09. The number of rotatable bonds is 4. The molecule has 0 saturated carbocycles. The van der Waals surface area contributed by atoms with Gasteiger partial charge in [0.2, 0.25) is 0 Å². The fourth-order valence-corrected chi connectivity index (χ4v) is 8.17. The third-order valence-corrected chi connectivity index (χ3v) is 10.4. The highest BCUT2D eigenvalue weighted by Gasteiger charge is 2.21. The lowest BCUT2D eigenvalue weighted by Crippen LogP contribution is -2.00. The molecule has 0 aliphatic heterocycles. The molecule has 0 bridgehead atoms. The molecule has 0 amide bonds. The number of nitrogens with zero attached hydrogens (tertiary/aromatic N) is 4. The fourth-order valence-electron chi connectivity index (χ4n) is 7.07. The normalized spacial score (nSPS) is 14.7. The molecule has 51 heavy (non-hydrogen) atoms. The summed E-state index contributed by atoms with van der Waals surface area (Å²) in [4.78, 5) is 13.6. The van der Waals surface area contributed by atoms with Gasteiger partial charge in [-0.2, -0.15) is 0 Å². The van der Waals surface area contributed by atoms with Crippen molar-refractivity contribution in [2.75, 3.05) is 0 Å². The molecule has 0 spiro atoms. The zero-order valence-corrected chi connectivity index (χ0v) is 27.2. The van der Waals surface area contributed by atoms with Crippen molar-refractivity contribution in [3.8, 4) is 39.9 Å². The molecule has 6 heteroatoms. The van der Waals surface area contributed by atoms with Gasteiger partial charge in [-0.15, -0.1) is 11.3 Å². The molecule has 11 rings (SSSR count). The predicted octanol–water partition coefficient (Wildman–Crippen LogP) is 12.2. The van der Waals surface area contributed by atoms with Crippen LogP contribution in [0, 0.1) is 0 Å². The highest BCUT2D eigenvalue weighted by molar-refractivity contribution is 7.26. The summed E-state index contributed by atoms with van der Waals surface area (Å²) in [5.41, 5.74) is 3.71. The van der Waals surface area contributed by atoms with E-state index in [-0.39, 0.29) is 28.6 Å². The van der Waals surface area contributed by atoms with Gasteiger partial charge >= 0.3 is 0 Å². The zero-order chi connectivity index (χ0) is 42.2. The molecule has 5 nitrogen and oxygen atoms in total. The smallest absolute Gasteiger partial charge is 0.164 e. The number of furan rings is 1. The number of para-hydroxylation sites is 2. The Morgan fingerprint density at radius 1 is 0.529 bits per heavy atom. The van der Waals surface area contributed by atoms with Gasteiger partial charge in [-0.05, 0) is 36.4 Å². The van der Waals surface area contributed by atoms with Gasteiger partial charge in [0.05, 0.1) is 30.4 Å². The summed E-state index contributed by atoms with van der Waals surface area (Å²) in [5.74, 6) is -0.723. The Kier molecular flexibility index (Phi) is 4.32. The Morgan fingerprint density at radius 3 is 1.94 bits per heavy atom. The number of aromatic nitrogens is 4. The van der Waals surface area contributed by atoms with Gasteiger partial charge in [-0.3, -0.25) is 0 Å². The molecule has 0 atom stereocenters. The van der Waals surface area contributed by atoms with Crippen LogP contribution in [0.3, 0.4) is 0 Å². The van der Waals surface area contributed by atoms with Gasteiger partial charge in [-0.25, -0.2) is 15.0 Å². The van der Waals surface area contributed by atoms with Gasteiger partial charge < -0.3 is 8.98 Å². The van der Waals surface area contributed by atoms with Crippen LogP contribution in [-0.2, 0) is 0 Å². The van der Waals surface area contributed by atoms with E-state index < -0.39 is 60.4 Å². The molecule has 0 fully saturated rings. The summed E-state index contributed by atoms with van der Waals surface area (Å²) in [6.07, 6.45) is 0. The molecule has 4 aromatic heterocycles. The number of fused-ring (bicyclic) bond motifs is 10. The second kappa shape index (κ2) is 10.9. The molecular weight excluding hydrogens is 645 g/mol. The van der Waals surface area contributed by atoms with Crippen LogP contribution in [0.4, 0.5) is 0 Å². The van der Waals surface area contributed by atoms with Crippen molar-refractivity contribution in [3.05, 3.63) is 157 Å². The van der Waals surface area contributed by atoms with E-state index in [2.05, 4.69) is 68.0 Å². The number of hydrogen-bond donors (Lipinski definition) is 0. The molecule has 7 aromatic carbocycles. The van der Waals surface area contributed by atoms with Crippen molar-refractivity contribution >= 4 is 75.3 Å². The van der Waals surface area contributed by atoms with E-state index in [0.29, 0.717) is 16.7 Å². The van der Waals surface area contributed by atoms with Crippen LogP contribution in [0.15, 0.2) is 162 Å². The molecule has 4 heterocycles. The fraction of sp³-hybridized carbons (Fsp3) is 0. The standard InChI is InChI=1S/C45H26N4OS/c1-3-12-27(13-4-1)43-46-44(28-14-5-2-6-15-28)48-45(47-43)29-22-23-31-33-18-11-20-36(42(33)50-37(31)26-29)49-35-19-9-7-16-30(35)32-24-25-39-40(41(32)49)34-17-8-10-21-38(34)51-39/h1-26H/i1D,2D,3D,4D,5D,6D,12D,13D,14D,15D. The van der Waals surface area contributed by atoms with Gasteiger partial charge in [0.1, 0.15) is 5.58 Å². The van der Waals surface area contributed by atoms with Crippen LogP contribution < -0.4 is 0 Å². The van der Waals surface area contributed by atoms with Crippen LogP contribution >= 0.6 is 11.3 Å². The van der Waals surface area contributed by atoms with Gasteiger partial charge in [0.25, 0.3) is 0 Å².